The molecule has 6 heteroatoms. The molecule has 0 radical (unpaired) electrons. The van der Waals surface area contributed by atoms with E-state index >= 15 is 0 Å². The first-order valence-electron chi connectivity index (χ1n) is 6.85. The van der Waals surface area contributed by atoms with Gasteiger partial charge in [-0.2, -0.15) is 0 Å². The minimum absolute atomic E-state index is 0.168. The monoisotopic (exact) mass is 303 g/mol. The number of anilines is 1. The molecule has 1 saturated heterocycles. The first-order valence-corrected chi connectivity index (χ1v) is 7.73. The van der Waals surface area contributed by atoms with E-state index < -0.39 is 5.97 Å². The third kappa shape index (κ3) is 1.53. The standard InChI is InChI=1S/C15H13NO4S/c1-20-15(19)12-9(4-5-21-12)16-13(17)10-7-2-3-8(6-7)11(10)14(16)18/h2-5,7-8,10-11H,6H2,1H3/t7-,8-,10+,11+/m0/s1. The van der Waals surface area contributed by atoms with Crippen LogP contribution in [-0.4, -0.2) is 24.9 Å². The molecule has 4 atom stereocenters. The Hall–Kier alpha value is -1.95. The largest absolute Gasteiger partial charge is 0.465 e. The van der Waals surface area contributed by atoms with Gasteiger partial charge >= 0.3 is 5.97 Å². The second kappa shape index (κ2) is 4.27. The van der Waals surface area contributed by atoms with Crippen molar-refractivity contribution in [1.29, 1.82) is 0 Å². The van der Waals surface area contributed by atoms with Crippen molar-refractivity contribution in [3.8, 4) is 0 Å². The van der Waals surface area contributed by atoms with Gasteiger partial charge in [0.1, 0.15) is 4.88 Å². The maximum absolute atomic E-state index is 12.7. The lowest BCUT2D eigenvalue weighted by molar-refractivity contribution is -0.123. The van der Waals surface area contributed by atoms with Crippen molar-refractivity contribution in [3.63, 3.8) is 0 Å². The molecule has 1 saturated carbocycles. The molecule has 1 aromatic heterocycles. The minimum Gasteiger partial charge on any atom is -0.465 e. The number of thiophene rings is 1. The fourth-order valence-electron chi connectivity index (χ4n) is 3.86. The number of hydrogen-bond acceptors (Lipinski definition) is 5. The number of carbonyl (C=O) groups is 3. The molecule has 0 aromatic carbocycles. The fraction of sp³-hybridized carbons (Fsp3) is 0.400. The lowest BCUT2D eigenvalue weighted by Crippen LogP contribution is -2.33. The Balaban J connectivity index is 1.75. The molecule has 2 fully saturated rings. The third-order valence-corrected chi connectivity index (χ3v) is 5.61. The lowest BCUT2D eigenvalue weighted by atomic mass is 9.85. The zero-order valence-corrected chi connectivity index (χ0v) is 12.1. The Kier molecular flexibility index (Phi) is 2.60. The van der Waals surface area contributed by atoms with Gasteiger partial charge in [-0.25, -0.2) is 9.69 Å². The van der Waals surface area contributed by atoms with Gasteiger partial charge in [0.25, 0.3) is 0 Å². The maximum atomic E-state index is 12.7. The summed E-state index contributed by atoms with van der Waals surface area (Å²) in [6.07, 6.45) is 5.00. The highest BCUT2D eigenvalue weighted by atomic mass is 32.1. The Morgan fingerprint density at radius 3 is 2.43 bits per heavy atom. The van der Waals surface area contributed by atoms with Crippen molar-refractivity contribution in [1.82, 2.24) is 0 Å². The van der Waals surface area contributed by atoms with E-state index in [1.54, 1.807) is 11.4 Å². The topological polar surface area (TPSA) is 63.7 Å². The van der Waals surface area contributed by atoms with Crippen LogP contribution in [0.25, 0.3) is 0 Å². The van der Waals surface area contributed by atoms with Crippen LogP contribution < -0.4 is 4.90 Å². The summed E-state index contributed by atoms with van der Waals surface area (Å²) in [5, 5.41) is 1.70. The highest BCUT2D eigenvalue weighted by molar-refractivity contribution is 7.12. The summed E-state index contributed by atoms with van der Waals surface area (Å²) < 4.78 is 4.72. The van der Waals surface area contributed by atoms with Crippen molar-refractivity contribution in [2.45, 2.75) is 6.42 Å². The van der Waals surface area contributed by atoms with Gasteiger partial charge in [0, 0.05) is 0 Å². The number of amides is 2. The van der Waals surface area contributed by atoms with Crippen LogP contribution in [0.2, 0.25) is 0 Å². The number of fused-ring (bicyclic) bond motifs is 5. The SMILES string of the molecule is COC(=O)c1sccc1N1C(=O)[C@H]2[C@H](C1=O)[C@H]1C=C[C@H]2C1. The van der Waals surface area contributed by atoms with Gasteiger partial charge in [-0.3, -0.25) is 9.59 Å². The van der Waals surface area contributed by atoms with E-state index in [2.05, 4.69) is 12.2 Å². The van der Waals surface area contributed by atoms with E-state index in [0.29, 0.717) is 10.6 Å². The molecule has 0 N–H and O–H groups in total. The van der Waals surface area contributed by atoms with E-state index in [4.69, 9.17) is 4.74 Å². The minimum atomic E-state index is -0.515. The van der Waals surface area contributed by atoms with E-state index in [1.807, 2.05) is 0 Å². The summed E-state index contributed by atoms with van der Waals surface area (Å²) in [6, 6.07) is 1.64. The average molecular weight is 303 g/mol. The van der Waals surface area contributed by atoms with Crippen LogP contribution in [0.4, 0.5) is 5.69 Å². The summed E-state index contributed by atoms with van der Waals surface area (Å²) >= 11 is 1.18. The van der Waals surface area contributed by atoms with Gasteiger partial charge in [0.15, 0.2) is 0 Å². The Labute approximate surface area is 125 Å². The zero-order valence-electron chi connectivity index (χ0n) is 11.3. The molecule has 5 nitrogen and oxygen atoms in total. The average Bonchev–Trinajstić information content (AvgIpc) is 3.22. The van der Waals surface area contributed by atoms with Crippen molar-refractivity contribution in [3.05, 3.63) is 28.5 Å². The molecule has 4 rings (SSSR count). The molecular formula is C15H13NO4S. The lowest BCUT2D eigenvalue weighted by Gasteiger charge is -2.17. The van der Waals surface area contributed by atoms with Gasteiger partial charge in [-0.1, -0.05) is 12.2 Å². The molecular weight excluding hydrogens is 290 g/mol. The van der Waals surface area contributed by atoms with Crippen molar-refractivity contribution < 1.29 is 19.1 Å². The molecule has 2 heterocycles. The normalized spacial score (nSPS) is 32.9. The first kappa shape index (κ1) is 12.8. The molecule has 21 heavy (non-hydrogen) atoms. The van der Waals surface area contributed by atoms with Crippen LogP contribution >= 0.6 is 11.3 Å². The molecule has 0 unspecified atom stereocenters. The van der Waals surface area contributed by atoms with Crippen molar-refractivity contribution in [2.75, 3.05) is 12.0 Å². The van der Waals surface area contributed by atoms with E-state index in [9.17, 15) is 14.4 Å². The number of ether oxygens (including phenoxy) is 1. The molecule has 0 spiro atoms. The maximum Gasteiger partial charge on any atom is 0.350 e. The number of carbonyl (C=O) groups excluding carboxylic acids is 3. The van der Waals surface area contributed by atoms with Gasteiger partial charge in [-0.15, -0.1) is 11.3 Å². The van der Waals surface area contributed by atoms with E-state index in [0.717, 1.165) is 6.42 Å². The predicted molar refractivity (Wildman–Crippen MR) is 75.9 cm³/mol. The highest BCUT2D eigenvalue weighted by Crippen LogP contribution is 2.53. The zero-order chi connectivity index (χ0) is 14.7. The summed E-state index contributed by atoms with van der Waals surface area (Å²) in [7, 11) is 1.29. The number of methoxy groups -OCH3 is 1. The second-order valence-corrected chi connectivity index (χ2v) is 6.55. The van der Waals surface area contributed by atoms with Gasteiger partial charge < -0.3 is 4.74 Å². The van der Waals surface area contributed by atoms with Crippen molar-refractivity contribution in [2.24, 2.45) is 23.7 Å². The molecule has 3 aliphatic rings. The van der Waals surface area contributed by atoms with Crippen LogP contribution in [-0.2, 0) is 14.3 Å². The first-order chi connectivity index (χ1) is 10.1. The number of rotatable bonds is 2. The smallest absolute Gasteiger partial charge is 0.350 e. The highest BCUT2D eigenvalue weighted by Gasteiger charge is 2.60. The fourth-order valence-corrected chi connectivity index (χ4v) is 4.66. The summed E-state index contributed by atoms with van der Waals surface area (Å²) in [6.45, 7) is 0. The van der Waals surface area contributed by atoms with Crippen molar-refractivity contribution >= 4 is 34.8 Å². The number of allylic oxidation sites excluding steroid dienone is 2. The molecule has 2 bridgehead atoms. The van der Waals surface area contributed by atoms with Crippen LogP contribution in [0.15, 0.2) is 23.6 Å². The van der Waals surface area contributed by atoms with Gasteiger partial charge in [0.05, 0.1) is 24.6 Å². The summed E-state index contributed by atoms with van der Waals surface area (Å²) in [5.74, 6) is -1.03. The molecule has 2 amide bonds. The molecule has 1 aliphatic heterocycles. The number of nitrogens with zero attached hydrogens (tertiary/aromatic N) is 1. The van der Waals surface area contributed by atoms with Gasteiger partial charge in [-0.05, 0) is 29.7 Å². The van der Waals surface area contributed by atoms with Crippen LogP contribution in [0, 0.1) is 23.7 Å². The molecule has 2 aliphatic carbocycles. The van der Waals surface area contributed by atoms with E-state index in [1.165, 1.54) is 23.3 Å². The number of esters is 1. The van der Waals surface area contributed by atoms with Crippen LogP contribution in [0.5, 0.6) is 0 Å². The molecule has 1 aromatic rings. The van der Waals surface area contributed by atoms with Crippen LogP contribution in [0.1, 0.15) is 16.1 Å². The van der Waals surface area contributed by atoms with Gasteiger partial charge in [0.2, 0.25) is 11.8 Å². The van der Waals surface area contributed by atoms with E-state index in [-0.39, 0.29) is 35.5 Å². The second-order valence-electron chi connectivity index (χ2n) is 5.64. The third-order valence-electron chi connectivity index (χ3n) is 4.73. The Bertz CT molecular complexity index is 662. The predicted octanol–water partition coefficient (Wildman–Crippen LogP) is 1.85. The number of hydrogen-bond donors (Lipinski definition) is 0. The summed E-state index contributed by atoms with van der Waals surface area (Å²) in [5.41, 5.74) is 0.371. The Morgan fingerprint density at radius 2 is 1.86 bits per heavy atom. The number of imide groups is 1. The summed E-state index contributed by atoms with van der Waals surface area (Å²) in [4.78, 5) is 38.6. The molecule has 108 valence electrons. The van der Waals surface area contributed by atoms with Crippen LogP contribution in [0.3, 0.4) is 0 Å². The Morgan fingerprint density at radius 1 is 1.24 bits per heavy atom. The quantitative estimate of drug-likeness (QED) is 0.475.